The lowest BCUT2D eigenvalue weighted by atomic mass is 9.60. The summed E-state index contributed by atoms with van der Waals surface area (Å²) < 4.78 is 27.8. The molecular formula is C31H42O10. The van der Waals surface area contributed by atoms with Crippen LogP contribution in [0.2, 0.25) is 0 Å². The molecule has 0 radical (unpaired) electrons. The summed E-state index contributed by atoms with van der Waals surface area (Å²) in [4.78, 5) is 48.8. The molecule has 1 heterocycles. The van der Waals surface area contributed by atoms with Crippen LogP contribution in [0.25, 0.3) is 5.57 Å². The van der Waals surface area contributed by atoms with Crippen molar-refractivity contribution in [2.75, 3.05) is 7.11 Å². The van der Waals surface area contributed by atoms with Crippen molar-refractivity contribution in [3.63, 3.8) is 0 Å². The minimum Gasteiger partial charge on any atom is -0.468 e. The third-order valence-electron chi connectivity index (χ3n) is 7.63. The molecule has 0 amide bonds. The highest BCUT2D eigenvalue weighted by atomic mass is 16.6. The van der Waals surface area contributed by atoms with E-state index in [1.54, 1.807) is 52.8 Å². The molecule has 0 unspecified atom stereocenters. The van der Waals surface area contributed by atoms with Crippen LogP contribution in [0.3, 0.4) is 0 Å². The van der Waals surface area contributed by atoms with Crippen molar-refractivity contribution in [2.45, 2.75) is 92.6 Å². The van der Waals surface area contributed by atoms with E-state index in [2.05, 4.69) is 0 Å². The molecule has 1 aromatic rings. The van der Waals surface area contributed by atoms with Gasteiger partial charge in [0.05, 0.1) is 12.7 Å². The summed E-state index contributed by atoms with van der Waals surface area (Å²) in [5, 5.41) is 11.7. The number of aliphatic hydroxyl groups is 1. The molecule has 10 nitrogen and oxygen atoms in total. The predicted octanol–water partition coefficient (Wildman–Crippen LogP) is 4.37. The molecule has 1 aromatic heterocycles. The van der Waals surface area contributed by atoms with Gasteiger partial charge in [-0.25, -0.2) is 0 Å². The van der Waals surface area contributed by atoms with Gasteiger partial charge >= 0.3 is 17.9 Å². The Bertz CT molecular complexity index is 1330. The van der Waals surface area contributed by atoms with Gasteiger partial charge in [-0.15, -0.1) is 0 Å². The van der Waals surface area contributed by atoms with Gasteiger partial charge in [-0.2, -0.15) is 0 Å². The standard InChI is InChI=1S/C31H42O10/c1-16(13-12-14-17(2)26-18(3)25(35)19(4)28(37-11)40-26)15-24-20(5)31(10,41-23(8)34)29(39-22(7)33)30(9,36)27(24)38-21(6)32/h12-15,20,24,27,29,36H,1-11H3/b13-12+,16-15+,17-14+/t20-,24+,27-,29-,30-,31+/m0/s1. The molecular weight excluding hydrogens is 532 g/mol. The van der Waals surface area contributed by atoms with E-state index in [1.165, 1.54) is 34.8 Å². The number of carbonyl (C=O) groups excluding carboxylic acids is 3. The zero-order valence-electron chi connectivity index (χ0n) is 25.7. The zero-order valence-corrected chi connectivity index (χ0v) is 25.7. The van der Waals surface area contributed by atoms with Crippen LogP contribution in [0, 0.1) is 25.7 Å². The van der Waals surface area contributed by atoms with Gasteiger partial charge in [-0.1, -0.05) is 36.8 Å². The lowest BCUT2D eigenvalue weighted by Crippen LogP contribution is -2.72. The smallest absolute Gasteiger partial charge is 0.303 e. The number of carbonyl (C=O) groups is 3. The summed E-state index contributed by atoms with van der Waals surface area (Å²) in [7, 11) is 1.44. The average Bonchev–Trinajstić information content (AvgIpc) is 2.86. The first kappa shape index (κ1) is 33.5. The predicted molar refractivity (Wildman–Crippen MR) is 152 cm³/mol. The Morgan fingerprint density at radius 3 is 2.05 bits per heavy atom. The maximum absolute atomic E-state index is 12.6. The minimum atomic E-state index is -1.91. The molecule has 1 aliphatic carbocycles. The van der Waals surface area contributed by atoms with Gasteiger partial charge in [0.2, 0.25) is 0 Å². The lowest BCUT2D eigenvalue weighted by molar-refractivity contribution is -0.275. The Morgan fingerprint density at radius 1 is 0.951 bits per heavy atom. The van der Waals surface area contributed by atoms with Gasteiger partial charge in [0.1, 0.15) is 17.5 Å². The SMILES string of the molecule is COc1oc(/C(C)=C/C=C/C(C)=C/[C@H]2[C@H](OC(C)=O)[C@](C)(O)[C@H](OC(C)=O)[C@](C)(OC(C)=O)[C@H]2C)c(C)c(=O)c1C. The van der Waals surface area contributed by atoms with Crippen LogP contribution >= 0.6 is 0 Å². The first-order valence-corrected chi connectivity index (χ1v) is 13.4. The first-order valence-electron chi connectivity index (χ1n) is 13.4. The molecule has 0 bridgehead atoms. The van der Waals surface area contributed by atoms with E-state index in [9.17, 15) is 24.3 Å². The molecule has 10 heteroatoms. The first-order chi connectivity index (χ1) is 18.9. The van der Waals surface area contributed by atoms with Gasteiger partial charge in [0, 0.05) is 38.2 Å². The monoisotopic (exact) mass is 574 g/mol. The molecule has 0 aliphatic heterocycles. The van der Waals surface area contributed by atoms with E-state index in [0.29, 0.717) is 22.5 Å². The Morgan fingerprint density at radius 2 is 1.54 bits per heavy atom. The van der Waals surface area contributed by atoms with Crippen molar-refractivity contribution in [2.24, 2.45) is 11.8 Å². The third-order valence-corrected chi connectivity index (χ3v) is 7.63. The van der Waals surface area contributed by atoms with Gasteiger partial charge in [-0.05, 0) is 47.1 Å². The molecule has 2 rings (SSSR count). The highest BCUT2D eigenvalue weighted by molar-refractivity contribution is 5.69. The Kier molecular flexibility index (Phi) is 10.5. The third kappa shape index (κ3) is 7.16. The number of rotatable bonds is 8. The van der Waals surface area contributed by atoms with Gasteiger partial charge in [0.25, 0.3) is 5.95 Å². The fourth-order valence-corrected chi connectivity index (χ4v) is 5.54. The summed E-state index contributed by atoms with van der Waals surface area (Å²) in [5.74, 6) is -2.57. The number of hydrogen-bond donors (Lipinski definition) is 1. The highest BCUT2D eigenvalue weighted by Crippen LogP contribution is 2.49. The Labute approximate surface area is 241 Å². The number of methoxy groups -OCH3 is 1. The summed E-state index contributed by atoms with van der Waals surface area (Å²) in [6.07, 6.45) is 4.73. The molecule has 1 saturated carbocycles. The van der Waals surface area contributed by atoms with Crippen LogP contribution < -0.4 is 10.2 Å². The molecule has 1 N–H and O–H groups in total. The van der Waals surface area contributed by atoms with E-state index in [-0.39, 0.29) is 11.4 Å². The van der Waals surface area contributed by atoms with E-state index in [0.717, 1.165) is 5.57 Å². The lowest BCUT2D eigenvalue weighted by Gasteiger charge is -2.56. The van der Waals surface area contributed by atoms with Gasteiger partial charge in [0.15, 0.2) is 17.1 Å². The second-order valence-electron chi connectivity index (χ2n) is 11.0. The second kappa shape index (κ2) is 12.9. The zero-order chi connectivity index (χ0) is 31.4. The van der Waals surface area contributed by atoms with Crippen LogP contribution in [0.4, 0.5) is 0 Å². The molecule has 6 atom stereocenters. The van der Waals surface area contributed by atoms with E-state index < -0.39 is 53.2 Å². The van der Waals surface area contributed by atoms with E-state index >= 15 is 0 Å². The molecule has 0 aromatic carbocycles. The largest absolute Gasteiger partial charge is 0.468 e. The summed E-state index contributed by atoms with van der Waals surface area (Å²) in [6, 6.07) is 0. The quantitative estimate of drug-likeness (QED) is 0.270. The highest BCUT2D eigenvalue weighted by Gasteiger charge is 2.65. The van der Waals surface area contributed by atoms with Crippen LogP contribution in [0.1, 0.15) is 72.3 Å². The Balaban J connectivity index is 2.56. The van der Waals surface area contributed by atoms with Crippen molar-refractivity contribution in [1.29, 1.82) is 0 Å². The molecule has 0 spiro atoms. The average molecular weight is 575 g/mol. The minimum absolute atomic E-state index is 0.154. The Hall–Kier alpha value is -3.66. The van der Waals surface area contributed by atoms with Crippen molar-refractivity contribution >= 4 is 23.5 Å². The topological polar surface area (TPSA) is 139 Å². The van der Waals surface area contributed by atoms with E-state index in [4.69, 9.17) is 23.4 Å². The second-order valence-corrected chi connectivity index (χ2v) is 11.0. The molecule has 1 aliphatic rings. The van der Waals surface area contributed by atoms with Crippen molar-refractivity contribution in [3.8, 4) is 5.95 Å². The maximum atomic E-state index is 12.6. The van der Waals surface area contributed by atoms with Crippen molar-refractivity contribution < 1.29 is 42.9 Å². The number of hydrogen-bond acceptors (Lipinski definition) is 10. The molecule has 0 saturated heterocycles. The number of esters is 3. The maximum Gasteiger partial charge on any atom is 0.303 e. The molecule has 41 heavy (non-hydrogen) atoms. The summed E-state index contributed by atoms with van der Waals surface area (Å²) in [6.45, 7) is 15.4. The molecule has 226 valence electrons. The van der Waals surface area contributed by atoms with E-state index in [1.807, 2.05) is 13.0 Å². The van der Waals surface area contributed by atoms with Crippen LogP contribution in [-0.4, -0.2) is 53.5 Å². The van der Waals surface area contributed by atoms with Crippen LogP contribution in [-0.2, 0) is 28.6 Å². The van der Waals surface area contributed by atoms with Gasteiger partial charge < -0.3 is 28.5 Å². The number of allylic oxidation sites excluding steroid dienone is 5. The number of ether oxygens (including phenoxy) is 4. The van der Waals surface area contributed by atoms with Crippen LogP contribution in [0.15, 0.2) is 39.1 Å². The molecule has 1 fully saturated rings. The summed E-state index contributed by atoms with van der Waals surface area (Å²) >= 11 is 0. The van der Waals surface area contributed by atoms with Gasteiger partial charge in [-0.3, -0.25) is 19.2 Å². The van der Waals surface area contributed by atoms with Crippen molar-refractivity contribution in [1.82, 2.24) is 0 Å². The fourth-order valence-electron chi connectivity index (χ4n) is 5.54. The normalized spacial score (nSPS) is 28.8. The van der Waals surface area contributed by atoms with Crippen molar-refractivity contribution in [3.05, 3.63) is 57.0 Å². The fraction of sp³-hybridized carbons (Fsp3) is 0.548. The van der Waals surface area contributed by atoms with Crippen LogP contribution in [0.5, 0.6) is 5.95 Å². The summed E-state index contributed by atoms with van der Waals surface area (Å²) in [5.41, 5.74) is -1.21.